The maximum absolute atomic E-state index is 5.96. The molecular formula is C14H33N3O. The molecule has 0 aromatic carbocycles. The molecule has 0 aliphatic heterocycles. The smallest absolute Gasteiger partial charge is 0.0638 e. The molecule has 0 aromatic heterocycles. The third-order valence-corrected chi connectivity index (χ3v) is 3.41. The molecule has 0 amide bonds. The lowest BCUT2D eigenvalue weighted by molar-refractivity contribution is -0.00828. The van der Waals surface area contributed by atoms with E-state index < -0.39 is 0 Å². The number of hydrogen-bond acceptors (Lipinski definition) is 4. The predicted octanol–water partition coefficient (Wildman–Crippen LogP) is 1.40. The highest BCUT2D eigenvalue weighted by Crippen LogP contribution is 2.19. The van der Waals surface area contributed by atoms with Gasteiger partial charge in [-0.3, -0.25) is 4.90 Å². The summed E-state index contributed by atoms with van der Waals surface area (Å²) in [6, 6.07) is 0.403. The lowest BCUT2D eigenvalue weighted by atomic mass is 9.97. The van der Waals surface area contributed by atoms with Crippen LogP contribution in [-0.4, -0.2) is 68.8 Å². The van der Waals surface area contributed by atoms with Crippen molar-refractivity contribution in [3.05, 3.63) is 0 Å². The molecule has 1 atom stereocenters. The van der Waals surface area contributed by atoms with Gasteiger partial charge in [-0.05, 0) is 47.3 Å². The maximum Gasteiger partial charge on any atom is 0.0638 e. The van der Waals surface area contributed by atoms with Crippen LogP contribution in [0.2, 0.25) is 0 Å². The van der Waals surface area contributed by atoms with E-state index in [9.17, 15) is 0 Å². The van der Waals surface area contributed by atoms with Gasteiger partial charge in [0.2, 0.25) is 0 Å². The fourth-order valence-corrected chi connectivity index (χ4v) is 2.10. The number of likely N-dealkylation sites (N-methyl/N-ethyl adjacent to an activating group) is 1. The van der Waals surface area contributed by atoms with E-state index in [2.05, 4.69) is 44.7 Å². The van der Waals surface area contributed by atoms with E-state index in [0.29, 0.717) is 12.6 Å². The van der Waals surface area contributed by atoms with Crippen molar-refractivity contribution in [2.75, 3.05) is 47.4 Å². The molecule has 4 nitrogen and oxygen atoms in total. The van der Waals surface area contributed by atoms with Crippen LogP contribution in [0.25, 0.3) is 0 Å². The normalized spacial score (nSPS) is 14.5. The summed E-state index contributed by atoms with van der Waals surface area (Å²) in [5, 5.41) is 0. The highest BCUT2D eigenvalue weighted by atomic mass is 16.5. The Morgan fingerprint density at radius 2 is 1.78 bits per heavy atom. The van der Waals surface area contributed by atoms with Crippen LogP contribution < -0.4 is 5.73 Å². The third kappa shape index (κ3) is 7.31. The molecule has 18 heavy (non-hydrogen) atoms. The predicted molar refractivity (Wildman–Crippen MR) is 79.0 cm³/mol. The molecule has 0 saturated heterocycles. The van der Waals surface area contributed by atoms with Crippen LogP contribution in [-0.2, 0) is 4.74 Å². The van der Waals surface area contributed by atoms with E-state index in [4.69, 9.17) is 10.5 Å². The summed E-state index contributed by atoms with van der Waals surface area (Å²) >= 11 is 0. The van der Waals surface area contributed by atoms with Crippen LogP contribution in [0.5, 0.6) is 0 Å². The number of ether oxygens (including phenoxy) is 1. The fraction of sp³-hybridized carbons (Fsp3) is 1.00. The van der Waals surface area contributed by atoms with Gasteiger partial charge in [-0.2, -0.15) is 0 Å². The van der Waals surface area contributed by atoms with Crippen molar-refractivity contribution in [3.8, 4) is 0 Å². The molecule has 0 heterocycles. The summed E-state index contributed by atoms with van der Waals surface area (Å²) < 4.78 is 5.53. The van der Waals surface area contributed by atoms with Gasteiger partial charge in [-0.25, -0.2) is 0 Å². The SMILES string of the molecule is CCCN(CCN(C)C)C(CN)CC(C)(C)OC. The fourth-order valence-electron chi connectivity index (χ4n) is 2.10. The molecule has 110 valence electrons. The van der Waals surface area contributed by atoms with Gasteiger partial charge in [0.25, 0.3) is 0 Å². The molecule has 2 N–H and O–H groups in total. The van der Waals surface area contributed by atoms with Gasteiger partial charge >= 0.3 is 0 Å². The van der Waals surface area contributed by atoms with E-state index in [1.807, 2.05) is 0 Å². The second-order valence-electron chi connectivity index (χ2n) is 5.90. The Bertz CT molecular complexity index is 207. The molecular weight excluding hydrogens is 226 g/mol. The van der Waals surface area contributed by atoms with Crippen LogP contribution >= 0.6 is 0 Å². The molecule has 0 aliphatic rings. The van der Waals surface area contributed by atoms with Crippen molar-refractivity contribution < 1.29 is 4.74 Å². The minimum atomic E-state index is -0.103. The van der Waals surface area contributed by atoms with E-state index in [1.54, 1.807) is 7.11 Å². The van der Waals surface area contributed by atoms with E-state index in [0.717, 1.165) is 32.5 Å². The summed E-state index contributed by atoms with van der Waals surface area (Å²) in [5.74, 6) is 0. The molecule has 0 rings (SSSR count). The van der Waals surface area contributed by atoms with Gasteiger partial charge in [0.05, 0.1) is 5.60 Å². The van der Waals surface area contributed by atoms with Crippen molar-refractivity contribution in [1.82, 2.24) is 9.80 Å². The zero-order valence-electron chi connectivity index (χ0n) is 13.2. The zero-order valence-corrected chi connectivity index (χ0v) is 13.2. The number of hydrogen-bond donors (Lipinski definition) is 1. The van der Waals surface area contributed by atoms with E-state index in [-0.39, 0.29) is 5.60 Å². The van der Waals surface area contributed by atoms with Crippen LogP contribution in [0.15, 0.2) is 0 Å². The monoisotopic (exact) mass is 259 g/mol. The quantitative estimate of drug-likeness (QED) is 0.644. The van der Waals surface area contributed by atoms with Crippen molar-refractivity contribution >= 4 is 0 Å². The van der Waals surface area contributed by atoms with Gasteiger partial charge in [-0.1, -0.05) is 6.92 Å². The topological polar surface area (TPSA) is 41.7 Å². The molecule has 0 radical (unpaired) electrons. The Hall–Kier alpha value is -0.160. The van der Waals surface area contributed by atoms with Crippen LogP contribution in [0.1, 0.15) is 33.6 Å². The molecule has 0 fully saturated rings. The highest BCUT2D eigenvalue weighted by Gasteiger charge is 2.25. The third-order valence-electron chi connectivity index (χ3n) is 3.41. The first-order chi connectivity index (χ1) is 8.36. The van der Waals surface area contributed by atoms with Crippen molar-refractivity contribution in [3.63, 3.8) is 0 Å². The highest BCUT2D eigenvalue weighted by molar-refractivity contribution is 4.81. The molecule has 0 aromatic rings. The Morgan fingerprint density at radius 3 is 2.17 bits per heavy atom. The minimum absolute atomic E-state index is 0.103. The standard InChI is InChI=1S/C14H33N3O/c1-7-8-17(10-9-16(4)5)13(12-15)11-14(2,3)18-6/h13H,7-12,15H2,1-6H3. The van der Waals surface area contributed by atoms with Gasteiger partial charge in [0.1, 0.15) is 0 Å². The second kappa shape index (κ2) is 8.86. The van der Waals surface area contributed by atoms with E-state index in [1.165, 1.54) is 0 Å². The average molecular weight is 259 g/mol. The lowest BCUT2D eigenvalue weighted by Gasteiger charge is -2.36. The van der Waals surface area contributed by atoms with Crippen LogP contribution in [0.4, 0.5) is 0 Å². The summed E-state index contributed by atoms with van der Waals surface area (Å²) in [5.41, 5.74) is 5.86. The Kier molecular flexibility index (Phi) is 8.78. The molecule has 0 spiro atoms. The Balaban J connectivity index is 4.50. The van der Waals surface area contributed by atoms with Gasteiger partial charge < -0.3 is 15.4 Å². The van der Waals surface area contributed by atoms with Crippen molar-refractivity contribution in [2.45, 2.75) is 45.3 Å². The van der Waals surface area contributed by atoms with Gasteiger partial charge in [0, 0.05) is 32.8 Å². The first-order valence-electron chi connectivity index (χ1n) is 7.00. The molecule has 0 aliphatic carbocycles. The first-order valence-corrected chi connectivity index (χ1v) is 7.00. The van der Waals surface area contributed by atoms with Crippen molar-refractivity contribution in [2.24, 2.45) is 5.73 Å². The lowest BCUT2D eigenvalue weighted by Crippen LogP contribution is -2.47. The summed E-state index contributed by atoms with van der Waals surface area (Å²) in [6.07, 6.45) is 2.14. The van der Waals surface area contributed by atoms with Crippen LogP contribution in [0, 0.1) is 0 Å². The maximum atomic E-state index is 5.96. The first kappa shape index (κ1) is 17.8. The summed E-state index contributed by atoms with van der Waals surface area (Å²) in [6.45, 7) is 10.4. The zero-order chi connectivity index (χ0) is 14.2. The molecule has 0 saturated carbocycles. The van der Waals surface area contributed by atoms with Gasteiger partial charge in [-0.15, -0.1) is 0 Å². The number of nitrogens with two attached hydrogens (primary N) is 1. The largest absolute Gasteiger partial charge is 0.379 e. The number of methoxy groups -OCH3 is 1. The Labute approximate surface area is 113 Å². The van der Waals surface area contributed by atoms with E-state index >= 15 is 0 Å². The van der Waals surface area contributed by atoms with Crippen LogP contribution in [0.3, 0.4) is 0 Å². The summed E-state index contributed by atoms with van der Waals surface area (Å²) in [7, 11) is 6.00. The number of nitrogens with zero attached hydrogens (tertiary/aromatic N) is 2. The Morgan fingerprint density at radius 1 is 1.17 bits per heavy atom. The van der Waals surface area contributed by atoms with Gasteiger partial charge in [0.15, 0.2) is 0 Å². The summed E-state index contributed by atoms with van der Waals surface area (Å²) in [4.78, 5) is 4.72. The number of rotatable bonds is 10. The second-order valence-corrected chi connectivity index (χ2v) is 5.90. The molecule has 1 unspecified atom stereocenters. The molecule has 0 bridgehead atoms. The molecule has 4 heteroatoms. The van der Waals surface area contributed by atoms with Crippen molar-refractivity contribution in [1.29, 1.82) is 0 Å². The average Bonchev–Trinajstić information content (AvgIpc) is 2.31. The minimum Gasteiger partial charge on any atom is -0.379 e.